The number of hydrogen-bond donors (Lipinski definition) is 2. The van der Waals surface area contributed by atoms with Crippen molar-refractivity contribution in [3.05, 3.63) is 54.0 Å². The van der Waals surface area contributed by atoms with Crippen molar-refractivity contribution in [2.45, 2.75) is 6.18 Å². The summed E-state index contributed by atoms with van der Waals surface area (Å²) in [5.41, 5.74) is 3.08. The minimum absolute atomic E-state index is 0.0400. The highest BCUT2D eigenvalue weighted by atomic mass is 19.4. The summed E-state index contributed by atoms with van der Waals surface area (Å²) in [5.74, 6) is -2.77. The summed E-state index contributed by atoms with van der Waals surface area (Å²) < 4.78 is 52.0. The summed E-state index contributed by atoms with van der Waals surface area (Å²) in [6.45, 7) is -1.43. The Morgan fingerprint density at radius 2 is 1.81 bits per heavy atom. The molecule has 0 aliphatic heterocycles. The number of halogens is 3. The number of ether oxygens (including phenoxy) is 2. The fourth-order valence-electron chi connectivity index (χ4n) is 1.72. The van der Waals surface area contributed by atoms with E-state index in [1.807, 2.05) is 10.9 Å². The second kappa shape index (κ2) is 8.74. The van der Waals surface area contributed by atoms with Gasteiger partial charge in [-0.15, -0.1) is 0 Å². The third-order valence-corrected chi connectivity index (χ3v) is 2.94. The summed E-state index contributed by atoms with van der Waals surface area (Å²) in [7, 11) is 0. The van der Waals surface area contributed by atoms with Crippen molar-refractivity contribution in [2.75, 3.05) is 13.2 Å². The van der Waals surface area contributed by atoms with Gasteiger partial charge in [0.1, 0.15) is 5.75 Å². The minimum Gasteiger partial charge on any atom is -0.482 e. The van der Waals surface area contributed by atoms with E-state index in [1.54, 1.807) is 0 Å². The van der Waals surface area contributed by atoms with Gasteiger partial charge in [0.2, 0.25) is 0 Å². The third kappa shape index (κ3) is 6.38. The molecule has 2 rings (SSSR count). The van der Waals surface area contributed by atoms with Crippen molar-refractivity contribution in [3.8, 4) is 5.75 Å². The first-order chi connectivity index (χ1) is 12.8. The van der Waals surface area contributed by atoms with Crippen LogP contribution >= 0.6 is 0 Å². The van der Waals surface area contributed by atoms with Gasteiger partial charge in [0, 0.05) is 0 Å². The molecule has 11 heteroatoms. The largest absolute Gasteiger partial charge is 0.482 e. The molecule has 0 saturated carbocycles. The SMILES string of the molecule is O=C(COC(=O)COc1cccc(C(F)(F)F)c1)NNC(=O)c1ccco1. The van der Waals surface area contributed by atoms with Crippen LogP contribution in [0.1, 0.15) is 16.1 Å². The average molecular weight is 386 g/mol. The fourth-order valence-corrected chi connectivity index (χ4v) is 1.72. The smallest absolute Gasteiger partial charge is 0.416 e. The lowest BCUT2D eigenvalue weighted by molar-refractivity contribution is -0.150. The molecular weight excluding hydrogens is 373 g/mol. The highest BCUT2D eigenvalue weighted by Crippen LogP contribution is 2.31. The number of nitrogens with one attached hydrogen (secondary N) is 2. The van der Waals surface area contributed by atoms with E-state index in [4.69, 9.17) is 9.15 Å². The molecule has 0 spiro atoms. The molecule has 8 nitrogen and oxygen atoms in total. The number of esters is 1. The first-order valence-electron chi connectivity index (χ1n) is 7.34. The molecule has 144 valence electrons. The Hall–Kier alpha value is -3.50. The topological polar surface area (TPSA) is 107 Å². The molecule has 0 saturated heterocycles. The maximum Gasteiger partial charge on any atom is 0.416 e. The molecule has 2 N–H and O–H groups in total. The van der Waals surface area contributed by atoms with Crippen LogP contribution in [0.2, 0.25) is 0 Å². The maximum absolute atomic E-state index is 12.6. The summed E-state index contributed by atoms with van der Waals surface area (Å²) in [6.07, 6.45) is -3.28. The number of carbonyl (C=O) groups is 3. The highest BCUT2D eigenvalue weighted by molar-refractivity contribution is 5.93. The van der Waals surface area contributed by atoms with Crippen LogP contribution in [0.25, 0.3) is 0 Å². The van der Waals surface area contributed by atoms with Crippen LogP contribution in [0, 0.1) is 0 Å². The number of benzene rings is 1. The van der Waals surface area contributed by atoms with Crippen LogP contribution < -0.4 is 15.6 Å². The Labute approximate surface area is 150 Å². The number of rotatable bonds is 6. The predicted molar refractivity (Wildman–Crippen MR) is 82.2 cm³/mol. The third-order valence-electron chi connectivity index (χ3n) is 2.94. The average Bonchev–Trinajstić information content (AvgIpc) is 3.17. The number of carbonyl (C=O) groups excluding carboxylic acids is 3. The molecule has 2 amide bonds. The molecule has 0 atom stereocenters. The first kappa shape index (κ1) is 19.8. The summed E-state index contributed by atoms with van der Waals surface area (Å²) in [5, 5.41) is 0. The molecule has 0 bridgehead atoms. The quantitative estimate of drug-likeness (QED) is 0.578. The number of furan rings is 1. The van der Waals surface area contributed by atoms with Gasteiger partial charge < -0.3 is 13.9 Å². The van der Waals surface area contributed by atoms with E-state index in [9.17, 15) is 27.6 Å². The van der Waals surface area contributed by atoms with Gasteiger partial charge >= 0.3 is 18.1 Å². The zero-order valence-electron chi connectivity index (χ0n) is 13.5. The van der Waals surface area contributed by atoms with E-state index in [-0.39, 0.29) is 11.5 Å². The Balaban J connectivity index is 1.70. The second-order valence-electron chi connectivity index (χ2n) is 4.95. The zero-order chi connectivity index (χ0) is 19.9. The Kier molecular flexibility index (Phi) is 6.41. The van der Waals surface area contributed by atoms with Crippen LogP contribution in [0.4, 0.5) is 13.2 Å². The number of alkyl halides is 3. The van der Waals surface area contributed by atoms with E-state index in [1.165, 1.54) is 24.5 Å². The van der Waals surface area contributed by atoms with Crippen LogP contribution in [0.3, 0.4) is 0 Å². The molecule has 1 heterocycles. The van der Waals surface area contributed by atoms with Crippen LogP contribution in [0.15, 0.2) is 47.1 Å². The molecule has 0 fully saturated rings. The van der Waals surface area contributed by atoms with Gasteiger partial charge in [-0.25, -0.2) is 4.79 Å². The van der Waals surface area contributed by atoms with Gasteiger partial charge in [-0.05, 0) is 30.3 Å². The van der Waals surface area contributed by atoms with E-state index < -0.39 is 42.7 Å². The number of hydrazine groups is 1. The zero-order valence-corrected chi connectivity index (χ0v) is 13.5. The van der Waals surface area contributed by atoms with Crippen molar-refractivity contribution < 1.29 is 41.4 Å². The first-order valence-corrected chi connectivity index (χ1v) is 7.34. The maximum atomic E-state index is 12.6. The second-order valence-corrected chi connectivity index (χ2v) is 4.95. The summed E-state index contributed by atoms with van der Waals surface area (Å²) in [4.78, 5) is 34.4. The van der Waals surface area contributed by atoms with E-state index in [0.29, 0.717) is 0 Å². The van der Waals surface area contributed by atoms with Crippen LogP contribution in [-0.2, 0) is 20.5 Å². The van der Waals surface area contributed by atoms with Crippen molar-refractivity contribution in [1.29, 1.82) is 0 Å². The molecule has 0 aliphatic carbocycles. The molecule has 1 aromatic heterocycles. The highest BCUT2D eigenvalue weighted by Gasteiger charge is 2.30. The minimum atomic E-state index is -4.54. The van der Waals surface area contributed by atoms with Gasteiger partial charge in [0.25, 0.3) is 5.91 Å². The van der Waals surface area contributed by atoms with Crippen molar-refractivity contribution in [1.82, 2.24) is 10.9 Å². The van der Waals surface area contributed by atoms with E-state index >= 15 is 0 Å². The lowest BCUT2D eigenvalue weighted by atomic mass is 10.2. The lowest BCUT2D eigenvalue weighted by Gasteiger charge is -2.10. The lowest BCUT2D eigenvalue weighted by Crippen LogP contribution is -2.43. The number of hydrogen-bond acceptors (Lipinski definition) is 6. The Morgan fingerprint density at radius 3 is 2.48 bits per heavy atom. The molecule has 1 aromatic carbocycles. The predicted octanol–water partition coefficient (Wildman–Crippen LogP) is 1.68. The Morgan fingerprint density at radius 1 is 1.04 bits per heavy atom. The van der Waals surface area contributed by atoms with Crippen molar-refractivity contribution in [3.63, 3.8) is 0 Å². The molecule has 0 radical (unpaired) electrons. The van der Waals surface area contributed by atoms with Crippen LogP contribution in [-0.4, -0.2) is 31.0 Å². The van der Waals surface area contributed by atoms with E-state index in [2.05, 4.69) is 4.74 Å². The van der Waals surface area contributed by atoms with Gasteiger partial charge in [0.05, 0.1) is 11.8 Å². The fraction of sp³-hybridized carbons (Fsp3) is 0.188. The van der Waals surface area contributed by atoms with Crippen molar-refractivity contribution in [2.24, 2.45) is 0 Å². The monoisotopic (exact) mass is 386 g/mol. The summed E-state index contributed by atoms with van der Waals surface area (Å²) in [6, 6.07) is 6.78. The Bertz CT molecular complexity index is 805. The summed E-state index contributed by atoms with van der Waals surface area (Å²) >= 11 is 0. The van der Waals surface area contributed by atoms with Gasteiger partial charge in [-0.2, -0.15) is 13.2 Å². The normalized spacial score (nSPS) is 10.8. The molecule has 27 heavy (non-hydrogen) atoms. The van der Waals surface area contributed by atoms with Gasteiger partial charge in [-0.1, -0.05) is 6.07 Å². The van der Waals surface area contributed by atoms with Gasteiger partial charge in [-0.3, -0.25) is 20.4 Å². The molecule has 0 aliphatic rings. The van der Waals surface area contributed by atoms with Gasteiger partial charge in [0.15, 0.2) is 19.0 Å². The standard InChI is InChI=1S/C16H13F3N2O6/c17-16(18,19)10-3-1-4-11(7-10)26-9-14(23)27-8-13(22)20-21-15(24)12-5-2-6-25-12/h1-7H,8-9H2,(H,20,22)(H,21,24). The van der Waals surface area contributed by atoms with Crippen molar-refractivity contribution >= 4 is 17.8 Å². The molecule has 0 unspecified atom stereocenters. The molecule has 2 aromatic rings. The number of amides is 2. The van der Waals surface area contributed by atoms with E-state index in [0.717, 1.165) is 18.2 Å². The van der Waals surface area contributed by atoms with Crippen LogP contribution in [0.5, 0.6) is 5.75 Å². The molecular formula is C16H13F3N2O6.